The molecule has 4 atom stereocenters. The van der Waals surface area contributed by atoms with Crippen molar-refractivity contribution < 1.29 is 36.7 Å². The van der Waals surface area contributed by atoms with Gasteiger partial charge < -0.3 is 38.8 Å². The van der Waals surface area contributed by atoms with Crippen LogP contribution in [0.25, 0.3) is 4.98 Å². The molecule has 13 heteroatoms. The Morgan fingerprint density at radius 2 is 1.89 bits per heavy atom. The minimum atomic E-state index is -1.12. The quantitative estimate of drug-likeness (QED) is 0.127. The van der Waals surface area contributed by atoms with Crippen molar-refractivity contribution in [3.05, 3.63) is 34.8 Å². The van der Waals surface area contributed by atoms with Crippen LogP contribution in [0, 0.1) is 5.39 Å². The van der Waals surface area contributed by atoms with Gasteiger partial charge in [0, 0.05) is 41.7 Å². The van der Waals surface area contributed by atoms with Gasteiger partial charge in [-0.25, -0.2) is 9.59 Å². The molecule has 2 aliphatic rings. The molecule has 4 amide bonds. The van der Waals surface area contributed by atoms with Crippen molar-refractivity contribution in [2.24, 2.45) is 0 Å². The standard InChI is InChI=1S/C23H30N6O5S.ClH/c24-29-15-10-8-14(9-11-15)21(31)26-16(22(32)33)5-3-4-12-25-19(30)7-2-1-6-18-20-17(13-35-18)27-23(34)28-20;/h8-11,16-18,20H,1-7,12-13H2,(H4-,25,26,27,28,30,31,32,33,34);1H. The molecule has 0 bridgehead atoms. The number of halogens is 1. The van der Waals surface area contributed by atoms with Gasteiger partial charge in [0.2, 0.25) is 11.3 Å². The molecule has 3 rings (SSSR count). The van der Waals surface area contributed by atoms with Gasteiger partial charge in [0.1, 0.15) is 6.04 Å². The van der Waals surface area contributed by atoms with Gasteiger partial charge in [-0.05, 0) is 44.2 Å². The zero-order chi connectivity index (χ0) is 25.2. The molecular weight excluding hydrogens is 508 g/mol. The van der Waals surface area contributed by atoms with Crippen LogP contribution in [-0.2, 0) is 9.59 Å². The maximum absolute atomic E-state index is 12.3. The van der Waals surface area contributed by atoms with Gasteiger partial charge in [-0.3, -0.25) is 9.59 Å². The molecule has 196 valence electrons. The first-order chi connectivity index (χ1) is 16.9. The Labute approximate surface area is 219 Å². The molecule has 2 aliphatic heterocycles. The summed E-state index contributed by atoms with van der Waals surface area (Å²) in [7, 11) is 0. The largest absolute Gasteiger partial charge is 1.00 e. The molecule has 2 saturated heterocycles. The number of unbranched alkanes of at least 4 members (excludes halogenated alkanes) is 2. The molecule has 0 spiro atoms. The summed E-state index contributed by atoms with van der Waals surface area (Å²) in [6, 6.07) is 5.07. The van der Waals surface area contributed by atoms with Crippen molar-refractivity contribution in [3.8, 4) is 0 Å². The zero-order valence-corrected chi connectivity index (χ0v) is 21.3. The molecule has 0 radical (unpaired) electrons. The van der Waals surface area contributed by atoms with Crippen LogP contribution >= 0.6 is 11.8 Å². The lowest BCUT2D eigenvalue weighted by Gasteiger charge is -2.16. The summed E-state index contributed by atoms with van der Waals surface area (Å²) in [5.41, 5.74) is 0.563. The fourth-order valence-electron chi connectivity index (χ4n) is 4.24. The highest BCUT2D eigenvalue weighted by Gasteiger charge is 2.42. The summed E-state index contributed by atoms with van der Waals surface area (Å²) < 4.78 is 0. The summed E-state index contributed by atoms with van der Waals surface area (Å²) >= 11 is 1.86. The molecule has 2 fully saturated rings. The molecule has 0 aliphatic carbocycles. The summed E-state index contributed by atoms with van der Waals surface area (Å²) in [4.78, 5) is 50.3. The number of thioether (sulfide) groups is 1. The fourth-order valence-corrected chi connectivity index (χ4v) is 5.79. The van der Waals surface area contributed by atoms with Gasteiger partial charge in [-0.15, -0.1) is 0 Å². The maximum Gasteiger partial charge on any atom is 0.385 e. The van der Waals surface area contributed by atoms with Crippen LogP contribution in [0.4, 0.5) is 10.5 Å². The number of nitrogens with zero attached hydrogens (tertiary/aromatic N) is 2. The van der Waals surface area contributed by atoms with E-state index >= 15 is 0 Å². The monoisotopic (exact) mass is 538 g/mol. The Bertz CT molecular complexity index is 973. The number of diazo groups is 1. The number of carboxylic acid groups (broad SMARTS) is 1. The predicted molar refractivity (Wildman–Crippen MR) is 131 cm³/mol. The molecule has 2 heterocycles. The van der Waals surface area contributed by atoms with Gasteiger partial charge >= 0.3 is 17.7 Å². The molecule has 1 aromatic rings. The molecule has 5 N–H and O–H groups in total. The van der Waals surface area contributed by atoms with Crippen LogP contribution in [0.2, 0.25) is 0 Å². The number of aliphatic carboxylic acids is 1. The van der Waals surface area contributed by atoms with E-state index in [9.17, 15) is 24.3 Å². The minimum Gasteiger partial charge on any atom is -1.00 e. The highest BCUT2D eigenvalue weighted by molar-refractivity contribution is 8.00. The first-order valence-corrected chi connectivity index (χ1v) is 12.9. The van der Waals surface area contributed by atoms with E-state index in [-0.39, 0.29) is 48.4 Å². The first kappa shape index (κ1) is 29.2. The van der Waals surface area contributed by atoms with Gasteiger partial charge in [-0.1, -0.05) is 6.42 Å². The average molecular weight is 539 g/mol. The number of carbonyl (C=O) groups is 4. The van der Waals surface area contributed by atoms with Crippen molar-refractivity contribution in [2.75, 3.05) is 12.3 Å². The van der Waals surface area contributed by atoms with Crippen LogP contribution in [0.3, 0.4) is 0 Å². The number of hydrogen-bond acceptors (Lipinski definition) is 6. The van der Waals surface area contributed by atoms with Crippen molar-refractivity contribution >= 4 is 41.3 Å². The van der Waals surface area contributed by atoms with E-state index in [1.165, 1.54) is 24.3 Å². The number of benzene rings is 1. The van der Waals surface area contributed by atoms with E-state index in [0.29, 0.717) is 36.7 Å². The topological polar surface area (TPSA) is 165 Å². The smallest absolute Gasteiger partial charge is 0.385 e. The molecule has 1 aromatic carbocycles. The summed E-state index contributed by atoms with van der Waals surface area (Å²) in [5, 5.41) is 29.7. The van der Waals surface area contributed by atoms with Crippen LogP contribution in [0.1, 0.15) is 55.3 Å². The fraction of sp³-hybridized carbons (Fsp3) is 0.565. The molecule has 4 unspecified atom stereocenters. The maximum atomic E-state index is 12.3. The average Bonchev–Trinajstić information content (AvgIpc) is 3.39. The summed E-state index contributed by atoms with van der Waals surface area (Å²) in [6.45, 7) is 0.450. The van der Waals surface area contributed by atoms with Crippen molar-refractivity contribution in [1.82, 2.24) is 21.3 Å². The third-order valence-corrected chi connectivity index (χ3v) is 7.68. The molecule has 36 heavy (non-hydrogen) atoms. The normalized spacial score (nSPS) is 20.6. The van der Waals surface area contributed by atoms with E-state index < -0.39 is 17.9 Å². The van der Waals surface area contributed by atoms with Crippen LogP contribution < -0.4 is 33.7 Å². The number of urea groups is 1. The van der Waals surface area contributed by atoms with E-state index in [4.69, 9.17) is 5.39 Å². The molecule has 11 nitrogen and oxygen atoms in total. The first-order valence-electron chi connectivity index (χ1n) is 11.8. The number of rotatable bonds is 13. The summed E-state index contributed by atoms with van der Waals surface area (Å²) in [5.74, 6) is -0.744. The van der Waals surface area contributed by atoms with E-state index in [0.717, 1.165) is 25.0 Å². The SMILES string of the molecule is N#[N+]c1ccc(C(=O)NC(CCCCNC(=O)CCCCC2SCC3NC(=O)NC32)C(=O)O)cc1.[Cl-]. The highest BCUT2D eigenvalue weighted by atomic mass is 35.5. The Morgan fingerprint density at radius 1 is 1.14 bits per heavy atom. The number of nitrogens with one attached hydrogen (secondary N) is 4. The van der Waals surface area contributed by atoms with Crippen molar-refractivity contribution in [2.45, 2.75) is 68.3 Å². The van der Waals surface area contributed by atoms with Gasteiger partial charge in [-0.2, -0.15) is 11.8 Å². The Balaban J connectivity index is 0.00000456. The van der Waals surface area contributed by atoms with Gasteiger partial charge in [0.15, 0.2) is 4.98 Å². The van der Waals surface area contributed by atoms with E-state index in [1.807, 2.05) is 11.8 Å². The van der Waals surface area contributed by atoms with E-state index in [2.05, 4.69) is 26.2 Å². The number of hydrogen-bond donors (Lipinski definition) is 5. The lowest BCUT2D eigenvalue weighted by Crippen LogP contribution is -3.00. The second-order valence-electron chi connectivity index (χ2n) is 8.72. The van der Waals surface area contributed by atoms with Gasteiger partial charge in [0.05, 0.1) is 12.1 Å². The second-order valence-corrected chi connectivity index (χ2v) is 10.00. The number of carboxylic acids is 1. The Morgan fingerprint density at radius 3 is 2.58 bits per heavy atom. The minimum absolute atomic E-state index is 0. The van der Waals surface area contributed by atoms with Gasteiger partial charge in [0.25, 0.3) is 5.91 Å². The second kappa shape index (κ2) is 14.5. The third-order valence-electron chi connectivity index (χ3n) is 6.17. The molecule has 0 saturated carbocycles. The van der Waals surface area contributed by atoms with Crippen molar-refractivity contribution in [3.63, 3.8) is 0 Å². The number of carbonyl (C=O) groups excluding carboxylic acids is 3. The molecular formula is C23H31ClN6O5S. The van der Waals surface area contributed by atoms with E-state index in [1.54, 1.807) is 0 Å². The lowest BCUT2D eigenvalue weighted by molar-refractivity contribution is -0.139. The molecule has 0 aromatic heterocycles. The highest BCUT2D eigenvalue weighted by Crippen LogP contribution is 2.33. The number of fused-ring (bicyclic) bond motifs is 1. The van der Waals surface area contributed by atoms with Crippen LogP contribution in [0.15, 0.2) is 24.3 Å². The number of amides is 4. The summed E-state index contributed by atoms with van der Waals surface area (Å²) in [6.07, 6.45) is 4.47. The van der Waals surface area contributed by atoms with Crippen LogP contribution in [-0.4, -0.2) is 64.6 Å². The lowest BCUT2D eigenvalue weighted by atomic mass is 10.0. The third kappa shape index (κ3) is 8.57. The zero-order valence-electron chi connectivity index (χ0n) is 19.7. The Kier molecular flexibility index (Phi) is 11.8. The predicted octanol–water partition coefficient (Wildman–Crippen LogP) is -0.630. The Hall–Kier alpha value is -3.04. The van der Waals surface area contributed by atoms with Crippen molar-refractivity contribution in [1.29, 1.82) is 5.39 Å². The van der Waals surface area contributed by atoms with Crippen LogP contribution in [0.5, 0.6) is 0 Å².